The Morgan fingerprint density at radius 1 is 1.14 bits per heavy atom. The van der Waals surface area contributed by atoms with E-state index in [2.05, 4.69) is 21.5 Å². The number of ether oxygens (including phenoxy) is 1. The molecule has 6 nitrogen and oxygen atoms in total. The molecule has 1 aliphatic rings. The molecule has 0 bridgehead atoms. The molecule has 0 saturated carbocycles. The molecule has 0 spiro atoms. The van der Waals surface area contributed by atoms with E-state index in [1.165, 1.54) is 12.1 Å². The second-order valence-electron chi connectivity index (χ2n) is 6.78. The highest BCUT2D eigenvalue weighted by Crippen LogP contribution is 2.33. The van der Waals surface area contributed by atoms with Crippen LogP contribution in [-0.2, 0) is 6.42 Å². The summed E-state index contributed by atoms with van der Waals surface area (Å²) in [5.41, 5.74) is 2.75. The fourth-order valence-electron chi connectivity index (χ4n) is 3.34. The second kappa shape index (κ2) is 8.45. The maximum absolute atomic E-state index is 13.4. The summed E-state index contributed by atoms with van der Waals surface area (Å²) < 4.78 is 20.7. The van der Waals surface area contributed by atoms with Gasteiger partial charge in [-0.1, -0.05) is 12.1 Å². The molecule has 1 aliphatic heterocycles. The van der Waals surface area contributed by atoms with Gasteiger partial charge in [-0.15, -0.1) is 0 Å². The molecule has 2 heterocycles. The molecule has 3 aromatic rings. The molecular weight excluding hydrogens is 371 g/mol. The summed E-state index contributed by atoms with van der Waals surface area (Å²) in [5.74, 6) is 1.84. The Labute approximate surface area is 168 Å². The van der Waals surface area contributed by atoms with E-state index in [4.69, 9.17) is 9.84 Å². The van der Waals surface area contributed by atoms with Crippen molar-refractivity contribution in [3.63, 3.8) is 0 Å². The maximum atomic E-state index is 13.4. The average molecular weight is 394 g/mol. The molecule has 150 valence electrons. The van der Waals surface area contributed by atoms with Crippen LogP contribution in [0, 0.1) is 5.82 Å². The predicted octanol–water partition coefficient (Wildman–Crippen LogP) is 3.80. The number of halogens is 1. The standard InChI is InChI=1S/C22H23FN4O2/c1-2-29-18-11-7-16(8-12-18)20-14-19(15-5-9-17(23)10-6-15)24-22-25-21(4-3-13-28)26-27(20)22/h5-12,14,20,28H,2-4,13H2,1H3,(H,24,25,26). The van der Waals surface area contributed by atoms with Crippen LogP contribution >= 0.6 is 0 Å². The van der Waals surface area contributed by atoms with E-state index >= 15 is 0 Å². The molecular formula is C22H23FN4O2. The summed E-state index contributed by atoms with van der Waals surface area (Å²) in [7, 11) is 0. The fraction of sp³-hybridized carbons (Fsp3) is 0.273. The average Bonchev–Trinajstić information content (AvgIpc) is 3.16. The van der Waals surface area contributed by atoms with E-state index in [9.17, 15) is 4.39 Å². The van der Waals surface area contributed by atoms with Crippen LogP contribution in [-0.4, -0.2) is 33.1 Å². The molecule has 0 amide bonds. The number of hydrogen-bond donors (Lipinski definition) is 2. The first-order chi connectivity index (χ1) is 14.2. The second-order valence-corrected chi connectivity index (χ2v) is 6.78. The highest BCUT2D eigenvalue weighted by atomic mass is 19.1. The van der Waals surface area contributed by atoms with Crippen LogP contribution in [0.25, 0.3) is 5.70 Å². The monoisotopic (exact) mass is 394 g/mol. The lowest BCUT2D eigenvalue weighted by molar-refractivity contribution is 0.287. The molecule has 4 rings (SSSR count). The maximum Gasteiger partial charge on any atom is 0.226 e. The van der Waals surface area contributed by atoms with Crippen molar-refractivity contribution in [3.05, 3.63) is 77.4 Å². The third-order valence-corrected chi connectivity index (χ3v) is 4.76. The molecule has 0 fully saturated rings. The Hall–Kier alpha value is -3.19. The third kappa shape index (κ3) is 4.14. The first kappa shape index (κ1) is 19.1. The summed E-state index contributed by atoms with van der Waals surface area (Å²) in [6.45, 7) is 2.66. The van der Waals surface area contributed by atoms with Crippen molar-refractivity contribution >= 4 is 11.6 Å². The number of fused-ring (bicyclic) bond motifs is 1. The van der Waals surface area contributed by atoms with Crippen LogP contribution in [0.1, 0.15) is 36.3 Å². The van der Waals surface area contributed by atoms with Crippen LogP contribution in [0.4, 0.5) is 10.3 Å². The molecule has 0 saturated heterocycles. The van der Waals surface area contributed by atoms with Crippen molar-refractivity contribution in [3.8, 4) is 5.75 Å². The minimum Gasteiger partial charge on any atom is -0.494 e. The Balaban J connectivity index is 1.72. The summed E-state index contributed by atoms with van der Waals surface area (Å²) >= 11 is 0. The molecule has 0 aliphatic carbocycles. The van der Waals surface area contributed by atoms with Gasteiger partial charge in [0, 0.05) is 18.7 Å². The van der Waals surface area contributed by atoms with Gasteiger partial charge in [-0.25, -0.2) is 9.07 Å². The molecule has 1 aromatic heterocycles. The zero-order valence-electron chi connectivity index (χ0n) is 16.2. The van der Waals surface area contributed by atoms with E-state index < -0.39 is 0 Å². The molecule has 1 unspecified atom stereocenters. The number of benzene rings is 2. The molecule has 29 heavy (non-hydrogen) atoms. The van der Waals surface area contributed by atoms with Gasteiger partial charge in [-0.2, -0.15) is 10.1 Å². The predicted molar refractivity (Wildman–Crippen MR) is 109 cm³/mol. The van der Waals surface area contributed by atoms with E-state index in [-0.39, 0.29) is 18.5 Å². The summed E-state index contributed by atoms with van der Waals surface area (Å²) in [6.07, 6.45) is 3.26. The van der Waals surface area contributed by atoms with Gasteiger partial charge in [0.1, 0.15) is 17.6 Å². The van der Waals surface area contributed by atoms with Gasteiger partial charge in [-0.3, -0.25) is 0 Å². The number of rotatable bonds is 7. The van der Waals surface area contributed by atoms with Crippen molar-refractivity contribution in [2.75, 3.05) is 18.5 Å². The van der Waals surface area contributed by atoms with E-state index in [0.717, 1.165) is 22.6 Å². The van der Waals surface area contributed by atoms with Crippen molar-refractivity contribution in [1.82, 2.24) is 14.8 Å². The van der Waals surface area contributed by atoms with Gasteiger partial charge in [0.05, 0.1) is 6.61 Å². The fourth-order valence-corrected chi connectivity index (χ4v) is 3.34. The molecule has 2 N–H and O–H groups in total. The highest BCUT2D eigenvalue weighted by molar-refractivity contribution is 5.77. The lowest BCUT2D eigenvalue weighted by Crippen LogP contribution is -2.20. The van der Waals surface area contributed by atoms with Crippen molar-refractivity contribution < 1.29 is 14.2 Å². The summed E-state index contributed by atoms with van der Waals surface area (Å²) in [4.78, 5) is 4.59. The van der Waals surface area contributed by atoms with Crippen LogP contribution in [0.3, 0.4) is 0 Å². The number of nitrogens with one attached hydrogen (secondary N) is 1. The van der Waals surface area contributed by atoms with E-state index in [0.29, 0.717) is 31.2 Å². The van der Waals surface area contributed by atoms with Crippen molar-refractivity contribution in [2.45, 2.75) is 25.8 Å². The van der Waals surface area contributed by atoms with E-state index in [1.807, 2.05) is 35.9 Å². The Morgan fingerprint density at radius 2 is 1.90 bits per heavy atom. The third-order valence-electron chi connectivity index (χ3n) is 4.76. The highest BCUT2D eigenvalue weighted by Gasteiger charge is 2.25. The van der Waals surface area contributed by atoms with E-state index in [1.54, 1.807) is 12.1 Å². The zero-order chi connectivity index (χ0) is 20.2. The quantitative estimate of drug-likeness (QED) is 0.638. The summed E-state index contributed by atoms with van der Waals surface area (Å²) in [5, 5.41) is 17.1. The Bertz CT molecular complexity index is 997. The zero-order valence-corrected chi connectivity index (χ0v) is 16.2. The summed E-state index contributed by atoms with van der Waals surface area (Å²) in [6, 6.07) is 14.1. The number of anilines is 1. The first-order valence-electron chi connectivity index (χ1n) is 9.71. The minimum absolute atomic E-state index is 0.0959. The van der Waals surface area contributed by atoms with Crippen LogP contribution in [0.2, 0.25) is 0 Å². The smallest absolute Gasteiger partial charge is 0.226 e. The van der Waals surface area contributed by atoms with Gasteiger partial charge < -0.3 is 15.2 Å². The number of aromatic nitrogens is 3. The van der Waals surface area contributed by atoms with Gasteiger partial charge in [-0.05, 0) is 66.9 Å². The molecule has 2 aromatic carbocycles. The normalized spacial score (nSPS) is 15.4. The van der Waals surface area contributed by atoms with Crippen LogP contribution in [0.5, 0.6) is 5.75 Å². The molecule has 7 heteroatoms. The van der Waals surface area contributed by atoms with Crippen LogP contribution in [0.15, 0.2) is 54.6 Å². The number of aliphatic hydroxyl groups is 1. The van der Waals surface area contributed by atoms with Crippen LogP contribution < -0.4 is 10.1 Å². The van der Waals surface area contributed by atoms with Gasteiger partial charge >= 0.3 is 0 Å². The number of nitrogens with zero attached hydrogens (tertiary/aromatic N) is 3. The lowest BCUT2D eigenvalue weighted by Gasteiger charge is -2.24. The number of hydrogen-bond acceptors (Lipinski definition) is 5. The van der Waals surface area contributed by atoms with Crippen molar-refractivity contribution in [2.24, 2.45) is 0 Å². The first-order valence-corrected chi connectivity index (χ1v) is 9.71. The minimum atomic E-state index is -0.275. The van der Waals surface area contributed by atoms with Gasteiger partial charge in [0.15, 0.2) is 5.82 Å². The van der Waals surface area contributed by atoms with Gasteiger partial charge in [0.25, 0.3) is 0 Å². The Kier molecular flexibility index (Phi) is 5.57. The SMILES string of the molecule is CCOc1ccc(C2C=C(c3ccc(F)cc3)Nc3nc(CCCO)nn32)cc1. The molecule has 0 radical (unpaired) electrons. The number of aryl methyl sites for hydroxylation is 1. The van der Waals surface area contributed by atoms with Crippen molar-refractivity contribution in [1.29, 1.82) is 0 Å². The largest absolute Gasteiger partial charge is 0.494 e. The number of aliphatic hydroxyl groups excluding tert-OH is 1. The lowest BCUT2D eigenvalue weighted by atomic mass is 10.0. The molecule has 1 atom stereocenters. The van der Waals surface area contributed by atoms with Gasteiger partial charge in [0.2, 0.25) is 5.95 Å². The number of allylic oxidation sites excluding steroid dienone is 1. The Morgan fingerprint density at radius 3 is 2.59 bits per heavy atom. The topological polar surface area (TPSA) is 72.2 Å².